The molecule has 7 nitrogen and oxygen atoms in total. The lowest BCUT2D eigenvalue weighted by molar-refractivity contribution is -0.117. The molecule has 1 saturated carbocycles. The number of carbonyl (C=O) groups is 1. The van der Waals surface area contributed by atoms with E-state index in [9.17, 15) is 13.2 Å². The summed E-state index contributed by atoms with van der Waals surface area (Å²) in [7, 11) is -3.53. The number of anilines is 1. The van der Waals surface area contributed by atoms with Crippen molar-refractivity contribution in [2.24, 2.45) is 11.8 Å². The smallest absolute Gasteiger partial charge is 0.240 e. The van der Waals surface area contributed by atoms with E-state index >= 15 is 0 Å². The van der Waals surface area contributed by atoms with Crippen molar-refractivity contribution in [3.05, 3.63) is 66.5 Å². The molecule has 1 aliphatic heterocycles. The van der Waals surface area contributed by atoms with E-state index in [1.165, 1.54) is 0 Å². The number of nitrogens with zero attached hydrogens (tertiary/aromatic N) is 1. The van der Waals surface area contributed by atoms with E-state index in [4.69, 9.17) is 0 Å². The van der Waals surface area contributed by atoms with Gasteiger partial charge in [-0.1, -0.05) is 18.2 Å². The molecular weight excluding hydrogens is 436 g/mol. The van der Waals surface area contributed by atoms with Gasteiger partial charge in [0.2, 0.25) is 15.9 Å². The maximum atomic E-state index is 12.7. The Bertz CT molecular complexity index is 1250. The highest BCUT2D eigenvalue weighted by Crippen LogP contribution is 2.48. The van der Waals surface area contributed by atoms with Crippen molar-refractivity contribution in [3.8, 4) is 0 Å². The normalized spacial score (nSPS) is 22.7. The number of fused-ring (bicyclic) bond motifs is 1. The van der Waals surface area contributed by atoms with Crippen LogP contribution in [0.5, 0.6) is 0 Å². The number of hydrogen-bond acceptors (Lipinski definition) is 5. The summed E-state index contributed by atoms with van der Waals surface area (Å²) in [6.45, 7) is 2.31. The van der Waals surface area contributed by atoms with Gasteiger partial charge in [0.05, 0.1) is 4.90 Å². The first kappa shape index (κ1) is 22.0. The molecule has 1 saturated heterocycles. The molecule has 5 rings (SSSR count). The zero-order valence-electron chi connectivity index (χ0n) is 18.3. The molecule has 172 valence electrons. The third-order valence-corrected chi connectivity index (χ3v) is 8.05. The first-order valence-electron chi connectivity index (χ1n) is 11.4. The van der Waals surface area contributed by atoms with Crippen LogP contribution in [-0.4, -0.2) is 38.9 Å². The first-order valence-corrected chi connectivity index (χ1v) is 12.9. The number of rotatable bonds is 7. The largest absolute Gasteiger partial charge is 0.326 e. The molecule has 0 spiro atoms. The van der Waals surface area contributed by atoms with Gasteiger partial charge in [-0.05, 0) is 85.5 Å². The van der Waals surface area contributed by atoms with Crippen molar-refractivity contribution in [3.63, 3.8) is 0 Å². The molecule has 1 amide bonds. The number of aromatic nitrogens is 1. The molecule has 33 heavy (non-hydrogen) atoms. The van der Waals surface area contributed by atoms with E-state index in [-0.39, 0.29) is 22.6 Å². The van der Waals surface area contributed by atoms with Crippen molar-refractivity contribution in [2.45, 2.75) is 30.1 Å². The van der Waals surface area contributed by atoms with Crippen molar-refractivity contribution in [1.29, 1.82) is 0 Å². The molecule has 2 fully saturated rings. The zero-order valence-corrected chi connectivity index (χ0v) is 19.1. The lowest BCUT2D eigenvalue weighted by Crippen LogP contribution is -2.38. The Balaban J connectivity index is 1.18. The summed E-state index contributed by atoms with van der Waals surface area (Å²) in [5.41, 5.74) is 1.76. The maximum absolute atomic E-state index is 12.7. The minimum atomic E-state index is -3.53. The fourth-order valence-corrected chi connectivity index (χ4v) is 5.67. The Morgan fingerprint density at radius 1 is 1.09 bits per heavy atom. The standard InChI is InChI=1S/C25H28N4O3S/c30-25(29-21-6-3-20-16-27-11-9-19(20)12-21)24-13-23(24)18-4-7-22(8-5-18)33(31,32)28-15-17-2-1-10-26-14-17/h3-9,11-12,16-17,23-24,26,28H,1-2,10,13-15H2,(H,29,30)/t17-,23?,24-/m1/s1. The van der Waals surface area contributed by atoms with Crippen molar-refractivity contribution in [1.82, 2.24) is 15.0 Å². The summed E-state index contributed by atoms with van der Waals surface area (Å²) in [5, 5.41) is 8.37. The maximum Gasteiger partial charge on any atom is 0.240 e. The predicted molar refractivity (Wildman–Crippen MR) is 128 cm³/mol. The number of pyridine rings is 1. The van der Waals surface area contributed by atoms with Crippen LogP contribution in [0.25, 0.3) is 10.8 Å². The van der Waals surface area contributed by atoms with Crippen LogP contribution in [0.2, 0.25) is 0 Å². The summed E-state index contributed by atoms with van der Waals surface area (Å²) in [5.74, 6) is 0.343. The first-order chi connectivity index (χ1) is 16.0. The molecule has 1 unspecified atom stereocenters. The average Bonchev–Trinajstić information content (AvgIpc) is 3.65. The van der Waals surface area contributed by atoms with E-state index in [0.29, 0.717) is 12.5 Å². The van der Waals surface area contributed by atoms with Gasteiger partial charge < -0.3 is 10.6 Å². The molecule has 1 aromatic heterocycles. The van der Waals surface area contributed by atoms with E-state index < -0.39 is 10.0 Å². The second kappa shape index (κ2) is 9.21. The van der Waals surface area contributed by atoms with E-state index in [0.717, 1.165) is 54.4 Å². The molecule has 1 aliphatic carbocycles. The van der Waals surface area contributed by atoms with Crippen LogP contribution < -0.4 is 15.4 Å². The lowest BCUT2D eigenvalue weighted by atomic mass is 10.0. The SMILES string of the molecule is O=C(Nc1ccc2cnccc2c1)[C@@H]1CC1c1ccc(S(=O)(=O)NC[C@@H]2CCCNC2)cc1. The van der Waals surface area contributed by atoms with Crippen LogP contribution in [0.1, 0.15) is 30.7 Å². The number of carbonyl (C=O) groups excluding carboxylic acids is 1. The summed E-state index contributed by atoms with van der Waals surface area (Å²) >= 11 is 0. The Morgan fingerprint density at radius 3 is 2.73 bits per heavy atom. The van der Waals surface area contributed by atoms with Crippen molar-refractivity contribution >= 4 is 32.4 Å². The molecule has 3 atom stereocenters. The molecule has 2 heterocycles. The fourth-order valence-electron chi connectivity index (χ4n) is 4.55. The van der Waals surface area contributed by atoms with Gasteiger partial charge in [-0.25, -0.2) is 13.1 Å². The number of sulfonamides is 1. The summed E-state index contributed by atoms with van der Waals surface area (Å²) in [4.78, 5) is 17.1. The van der Waals surface area contributed by atoms with Gasteiger partial charge in [0, 0.05) is 35.9 Å². The minimum absolute atomic E-state index is 0.00661. The lowest BCUT2D eigenvalue weighted by Gasteiger charge is -2.22. The number of amides is 1. The van der Waals surface area contributed by atoms with Crippen LogP contribution >= 0.6 is 0 Å². The molecule has 0 bridgehead atoms. The summed E-state index contributed by atoms with van der Waals surface area (Å²) < 4.78 is 28.0. The molecule has 3 N–H and O–H groups in total. The second-order valence-corrected chi connectivity index (χ2v) is 10.8. The van der Waals surface area contributed by atoms with E-state index in [1.54, 1.807) is 24.5 Å². The highest BCUT2D eigenvalue weighted by atomic mass is 32.2. The van der Waals surface area contributed by atoms with Crippen LogP contribution in [-0.2, 0) is 14.8 Å². The third-order valence-electron chi connectivity index (χ3n) is 6.61. The van der Waals surface area contributed by atoms with Gasteiger partial charge >= 0.3 is 0 Å². The van der Waals surface area contributed by atoms with E-state index in [1.807, 2.05) is 36.4 Å². The van der Waals surface area contributed by atoms with Crippen LogP contribution in [0.15, 0.2) is 65.8 Å². The second-order valence-electron chi connectivity index (χ2n) is 9.01. The van der Waals surface area contributed by atoms with Gasteiger partial charge in [-0.2, -0.15) is 0 Å². The molecule has 0 radical (unpaired) electrons. The number of hydrogen-bond donors (Lipinski definition) is 3. The number of nitrogens with one attached hydrogen (secondary N) is 3. The van der Waals surface area contributed by atoms with Crippen molar-refractivity contribution in [2.75, 3.05) is 25.0 Å². The van der Waals surface area contributed by atoms with Crippen LogP contribution in [0.4, 0.5) is 5.69 Å². The van der Waals surface area contributed by atoms with Gasteiger partial charge in [-0.15, -0.1) is 0 Å². The molecular formula is C25H28N4O3S. The topological polar surface area (TPSA) is 100 Å². The van der Waals surface area contributed by atoms with Gasteiger partial charge in [0.15, 0.2) is 0 Å². The third kappa shape index (κ3) is 5.08. The summed E-state index contributed by atoms with van der Waals surface area (Å²) in [6, 6.07) is 14.6. The van der Waals surface area contributed by atoms with Crippen molar-refractivity contribution < 1.29 is 13.2 Å². The molecule has 2 aliphatic rings. The highest BCUT2D eigenvalue weighted by molar-refractivity contribution is 7.89. The number of piperidine rings is 1. The van der Waals surface area contributed by atoms with Gasteiger partial charge in [-0.3, -0.25) is 9.78 Å². The van der Waals surface area contributed by atoms with E-state index in [2.05, 4.69) is 20.3 Å². The predicted octanol–water partition coefficient (Wildman–Crippen LogP) is 3.25. The Hall–Kier alpha value is -2.81. The Kier molecular flexibility index (Phi) is 6.14. The molecule has 8 heteroatoms. The molecule has 3 aromatic rings. The van der Waals surface area contributed by atoms with Gasteiger partial charge in [0.25, 0.3) is 0 Å². The average molecular weight is 465 g/mol. The van der Waals surface area contributed by atoms with Crippen LogP contribution in [0, 0.1) is 11.8 Å². The highest BCUT2D eigenvalue weighted by Gasteiger charge is 2.44. The monoisotopic (exact) mass is 464 g/mol. The fraction of sp³-hybridized carbons (Fsp3) is 0.360. The summed E-state index contributed by atoms with van der Waals surface area (Å²) in [6.07, 6.45) is 6.41. The Morgan fingerprint density at radius 2 is 1.94 bits per heavy atom. The Labute approximate surface area is 194 Å². The number of benzene rings is 2. The minimum Gasteiger partial charge on any atom is -0.326 e. The van der Waals surface area contributed by atoms with Gasteiger partial charge in [0.1, 0.15) is 0 Å². The molecule has 2 aromatic carbocycles. The quantitative estimate of drug-likeness (QED) is 0.498. The van der Waals surface area contributed by atoms with Crippen LogP contribution in [0.3, 0.4) is 0 Å². The zero-order chi connectivity index (χ0) is 22.8.